The van der Waals surface area contributed by atoms with Gasteiger partial charge < -0.3 is 9.31 Å². The lowest BCUT2D eigenvalue weighted by Gasteiger charge is -2.32. The Balaban J connectivity index is 1.83. The number of benzene rings is 1. The Morgan fingerprint density at radius 3 is 1.86 bits per heavy atom. The Morgan fingerprint density at radius 1 is 0.810 bits per heavy atom. The zero-order valence-corrected chi connectivity index (χ0v) is 12.8. The molecule has 2 aromatic rings. The first-order chi connectivity index (χ1) is 9.89. The highest BCUT2D eigenvalue weighted by Crippen LogP contribution is 2.36. The predicted octanol–water partition coefficient (Wildman–Crippen LogP) is 2.44. The molecule has 3 rings (SSSR count). The average molecular weight is 282 g/mol. The van der Waals surface area contributed by atoms with E-state index in [9.17, 15) is 0 Å². The summed E-state index contributed by atoms with van der Waals surface area (Å²) in [5.74, 6) is 0. The standard InChI is InChI=1S/C16H19BN2O2/c1-15(2)16(3,4)21-17(20-15)14-18-10-13(11-19-14)12-8-6-5-7-9-12/h5-11H,1-4H3. The predicted molar refractivity (Wildman–Crippen MR) is 83.2 cm³/mol. The van der Waals surface area contributed by atoms with Gasteiger partial charge in [0.05, 0.1) is 11.2 Å². The smallest absolute Gasteiger partial charge is 0.397 e. The summed E-state index contributed by atoms with van der Waals surface area (Å²) in [5.41, 5.74) is 1.89. The maximum Gasteiger partial charge on any atom is 0.534 e. The summed E-state index contributed by atoms with van der Waals surface area (Å²) >= 11 is 0. The number of hydrogen-bond acceptors (Lipinski definition) is 4. The van der Waals surface area contributed by atoms with E-state index in [-0.39, 0.29) is 11.2 Å². The second-order valence-electron chi connectivity index (χ2n) is 6.28. The van der Waals surface area contributed by atoms with Crippen LogP contribution in [0.3, 0.4) is 0 Å². The third-order valence-electron chi connectivity index (χ3n) is 4.24. The molecule has 1 aromatic heterocycles. The van der Waals surface area contributed by atoms with Crippen LogP contribution in [0.1, 0.15) is 27.7 Å². The molecule has 0 atom stereocenters. The van der Waals surface area contributed by atoms with Crippen molar-refractivity contribution in [2.24, 2.45) is 0 Å². The molecule has 0 N–H and O–H groups in total. The molecule has 0 saturated carbocycles. The van der Waals surface area contributed by atoms with Crippen molar-refractivity contribution in [2.45, 2.75) is 38.9 Å². The van der Waals surface area contributed by atoms with Crippen molar-refractivity contribution >= 4 is 12.8 Å². The summed E-state index contributed by atoms with van der Waals surface area (Å²) < 4.78 is 11.9. The number of rotatable bonds is 2. The minimum Gasteiger partial charge on any atom is -0.397 e. The molecule has 0 unspecified atom stereocenters. The van der Waals surface area contributed by atoms with Gasteiger partial charge in [-0.15, -0.1) is 0 Å². The second-order valence-corrected chi connectivity index (χ2v) is 6.28. The third kappa shape index (κ3) is 2.59. The fourth-order valence-electron chi connectivity index (χ4n) is 2.19. The zero-order valence-electron chi connectivity index (χ0n) is 12.8. The molecule has 0 radical (unpaired) electrons. The van der Waals surface area contributed by atoms with E-state index in [1.807, 2.05) is 70.4 Å². The first kappa shape index (κ1) is 14.2. The third-order valence-corrected chi connectivity index (χ3v) is 4.24. The van der Waals surface area contributed by atoms with Crippen LogP contribution in [0.25, 0.3) is 11.1 Å². The molecule has 1 saturated heterocycles. The van der Waals surface area contributed by atoms with Crippen molar-refractivity contribution in [1.82, 2.24) is 9.97 Å². The minimum absolute atomic E-state index is 0.376. The number of nitrogens with zero attached hydrogens (tertiary/aromatic N) is 2. The molecule has 5 heteroatoms. The molecule has 108 valence electrons. The van der Waals surface area contributed by atoms with Crippen LogP contribution in [-0.2, 0) is 9.31 Å². The van der Waals surface area contributed by atoms with E-state index in [4.69, 9.17) is 9.31 Å². The zero-order chi connectivity index (χ0) is 15.1. The van der Waals surface area contributed by atoms with Gasteiger partial charge in [0.15, 0.2) is 5.72 Å². The highest BCUT2D eigenvalue weighted by Gasteiger charge is 2.53. The SMILES string of the molecule is CC1(C)OB(c2ncc(-c3ccccc3)cn2)OC1(C)C. The van der Waals surface area contributed by atoms with Crippen molar-refractivity contribution in [2.75, 3.05) is 0 Å². The van der Waals surface area contributed by atoms with Gasteiger partial charge in [-0.25, -0.2) is 9.97 Å². The molecule has 1 aliphatic heterocycles. The fourth-order valence-corrected chi connectivity index (χ4v) is 2.19. The number of aromatic nitrogens is 2. The quantitative estimate of drug-likeness (QED) is 0.794. The second kappa shape index (κ2) is 4.93. The van der Waals surface area contributed by atoms with E-state index in [1.54, 1.807) is 0 Å². The van der Waals surface area contributed by atoms with Crippen LogP contribution in [0.15, 0.2) is 42.7 Å². The lowest BCUT2D eigenvalue weighted by molar-refractivity contribution is 0.00578. The summed E-state index contributed by atoms with van der Waals surface area (Å²) in [6.45, 7) is 8.08. The Morgan fingerprint density at radius 2 is 1.33 bits per heavy atom. The van der Waals surface area contributed by atoms with Crippen LogP contribution in [0.5, 0.6) is 0 Å². The highest BCUT2D eigenvalue weighted by molar-refractivity contribution is 6.60. The van der Waals surface area contributed by atoms with Gasteiger partial charge in [0.1, 0.15) is 0 Å². The Labute approximate surface area is 125 Å². The van der Waals surface area contributed by atoms with Crippen LogP contribution in [0, 0.1) is 0 Å². The maximum absolute atomic E-state index is 5.95. The van der Waals surface area contributed by atoms with E-state index < -0.39 is 7.12 Å². The number of hydrogen-bond donors (Lipinski definition) is 0. The Kier molecular flexibility index (Phi) is 3.34. The molecule has 0 amide bonds. The molecule has 0 aliphatic carbocycles. The minimum atomic E-state index is -0.514. The molecule has 0 bridgehead atoms. The van der Waals surface area contributed by atoms with E-state index in [0.717, 1.165) is 11.1 Å². The highest BCUT2D eigenvalue weighted by atomic mass is 16.7. The topological polar surface area (TPSA) is 44.2 Å². The average Bonchev–Trinajstić information content (AvgIpc) is 2.69. The van der Waals surface area contributed by atoms with Crippen LogP contribution < -0.4 is 5.72 Å². The largest absolute Gasteiger partial charge is 0.534 e. The molecular formula is C16H19BN2O2. The molecule has 1 fully saturated rings. The van der Waals surface area contributed by atoms with Crippen molar-refractivity contribution < 1.29 is 9.31 Å². The van der Waals surface area contributed by atoms with Crippen molar-refractivity contribution in [3.05, 3.63) is 42.7 Å². The first-order valence-electron chi connectivity index (χ1n) is 7.12. The molecular weight excluding hydrogens is 263 g/mol. The van der Waals surface area contributed by atoms with E-state index in [2.05, 4.69) is 9.97 Å². The van der Waals surface area contributed by atoms with Gasteiger partial charge in [-0.05, 0) is 33.3 Å². The summed E-state index contributed by atoms with van der Waals surface area (Å²) in [4.78, 5) is 8.81. The van der Waals surface area contributed by atoms with Gasteiger partial charge in [0.2, 0.25) is 0 Å². The summed E-state index contributed by atoms with van der Waals surface area (Å²) in [6.07, 6.45) is 3.62. The molecule has 4 nitrogen and oxygen atoms in total. The normalized spacial score (nSPS) is 19.7. The van der Waals surface area contributed by atoms with Crippen LogP contribution >= 0.6 is 0 Å². The van der Waals surface area contributed by atoms with Gasteiger partial charge in [0.25, 0.3) is 0 Å². The lowest BCUT2D eigenvalue weighted by atomic mass is 9.89. The Bertz CT molecular complexity index is 610. The molecule has 1 aromatic carbocycles. The summed E-state index contributed by atoms with van der Waals surface area (Å²) in [7, 11) is -0.514. The van der Waals surface area contributed by atoms with Gasteiger partial charge in [-0.1, -0.05) is 30.3 Å². The van der Waals surface area contributed by atoms with Crippen molar-refractivity contribution in [1.29, 1.82) is 0 Å². The van der Waals surface area contributed by atoms with Gasteiger partial charge in [0, 0.05) is 18.0 Å². The van der Waals surface area contributed by atoms with Crippen LogP contribution in [0.2, 0.25) is 0 Å². The fraction of sp³-hybridized carbons (Fsp3) is 0.375. The van der Waals surface area contributed by atoms with Crippen molar-refractivity contribution in [3.8, 4) is 11.1 Å². The molecule has 21 heavy (non-hydrogen) atoms. The molecule has 2 heterocycles. The van der Waals surface area contributed by atoms with Crippen LogP contribution in [0.4, 0.5) is 0 Å². The van der Waals surface area contributed by atoms with Crippen molar-refractivity contribution in [3.63, 3.8) is 0 Å². The summed E-state index contributed by atoms with van der Waals surface area (Å²) in [5, 5.41) is 0. The van der Waals surface area contributed by atoms with Gasteiger partial charge in [-0.3, -0.25) is 0 Å². The molecule has 0 spiro atoms. The monoisotopic (exact) mass is 282 g/mol. The van der Waals surface area contributed by atoms with Gasteiger partial charge in [-0.2, -0.15) is 0 Å². The molecule has 1 aliphatic rings. The van der Waals surface area contributed by atoms with E-state index in [0.29, 0.717) is 5.72 Å². The Hall–Kier alpha value is -1.72. The summed E-state index contributed by atoms with van der Waals surface area (Å²) in [6, 6.07) is 10.1. The van der Waals surface area contributed by atoms with Gasteiger partial charge >= 0.3 is 7.12 Å². The van der Waals surface area contributed by atoms with E-state index in [1.165, 1.54) is 0 Å². The van der Waals surface area contributed by atoms with Crippen LogP contribution in [-0.4, -0.2) is 28.3 Å². The first-order valence-corrected chi connectivity index (χ1v) is 7.12. The lowest BCUT2D eigenvalue weighted by Crippen LogP contribution is -2.41. The van der Waals surface area contributed by atoms with E-state index >= 15 is 0 Å². The maximum atomic E-state index is 5.95.